The first-order valence-electron chi connectivity index (χ1n) is 6.21. The quantitative estimate of drug-likeness (QED) is 0.769. The van der Waals surface area contributed by atoms with Crippen molar-refractivity contribution < 1.29 is 14.7 Å². The number of halogens is 2. The summed E-state index contributed by atoms with van der Waals surface area (Å²) < 4.78 is 0.563. The summed E-state index contributed by atoms with van der Waals surface area (Å²) in [5.74, 6) is -0.990. The SMILES string of the molecule is O=C(Nc1cccc(Cl)c1Br)NC1(C(=O)O)CCCC1. The van der Waals surface area contributed by atoms with Crippen LogP contribution in [0.15, 0.2) is 22.7 Å². The van der Waals surface area contributed by atoms with Gasteiger partial charge >= 0.3 is 12.0 Å². The molecule has 0 heterocycles. The number of carbonyl (C=O) groups excluding carboxylic acids is 1. The molecule has 1 aliphatic carbocycles. The molecule has 0 aromatic heterocycles. The molecule has 0 atom stereocenters. The third-order valence-corrected chi connectivity index (χ3v) is 4.82. The number of hydrogen-bond acceptors (Lipinski definition) is 2. The zero-order valence-corrected chi connectivity index (χ0v) is 12.9. The lowest BCUT2D eigenvalue weighted by Gasteiger charge is -2.25. The minimum atomic E-state index is -1.16. The molecule has 1 aromatic carbocycles. The molecule has 0 saturated heterocycles. The van der Waals surface area contributed by atoms with E-state index in [1.807, 2.05) is 0 Å². The first kappa shape index (κ1) is 15.1. The van der Waals surface area contributed by atoms with Crippen LogP contribution in [0.4, 0.5) is 10.5 Å². The molecule has 1 saturated carbocycles. The number of benzene rings is 1. The summed E-state index contributed by atoms with van der Waals surface area (Å²) in [5, 5.41) is 15.0. The van der Waals surface area contributed by atoms with Crippen LogP contribution in [-0.4, -0.2) is 22.6 Å². The van der Waals surface area contributed by atoms with Crippen molar-refractivity contribution in [2.24, 2.45) is 0 Å². The lowest BCUT2D eigenvalue weighted by Crippen LogP contribution is -2.53. The van der Waals surface area contributed by atoms with Gasteiger partial charge in [-0.1, -0.05) is 30.5 Å². The fraction of sp³-hybridized carbons (Fsp3) is 0.385. The third kappa shape index (κ3) is 3.07. The number of rotatable bonds is 3. The van der Waals surface area contributed by atoms with Crippen LogP contribution in [0.5, 0.6) is 0 Å². The number of urea groups is 1. The van der Waals surface area contributed by atoms with Gasteiger partial charge in [0.25, 0.3) is 0 Å². The molecule has 1 fully saturated rings. The van der Waals surface area contributed by atoms with Crippen molar-refractivity contribution in [3.63, 3.8) is 0 Å². The third-order valence-electron chi connectivity index (χ3n) is 3.42. The first-order valence-corrected chi connectivity index (χ1v) is 7.38. The lowest BCUT2D eigenvalue weighted by atomic mass is 9.98. The van der Waals surface area contributed by atoms with Crippen LogP contribution in [0.1, 0.15) is 25.7 Å². The molecule has 2 rings (SSSR count). The standard InChI is InChI=1S/C13H14BrClN2O3/c14-10-8(15)4-3-5-9(10)16-12(20)17-13(11(18)19)6-1-2-7-13/h3-5H,1-2,6-7H2,(H,18,19)(H2,16,17,20). The van der Waals surface area contributed by atoms with Gasteiger partial charge in [-0.05, 0) is 40.9 Å². The van der Waals surface area contributed by atoms with E-state index in [1.54, 1.807) is 18.2 Å². The molecule has 1 aliphatic rings. The number of anilines is 1. The highest BCUT2D eigenvalue weighted by molar-refractivity contribution is 9.10. The number of hydrogen-bond donors (Lipinski definition) is 3. The average Bonchev–Trinajstić information content (AvgIpc) is 2.85. The summed E-state index contributed by atoms with van der Waals surface area (Å²) >= 11 is 9.21. The monoisotopic (exact) mass is 360 g/mol. The fourth-order valence-electron chi connectivity index (χ4n) is 2.34. The van der Waals surface area contributed by atoms with Crippen molar-refractivity contribution in [3.05, 3.63) is 27.7 Å². The summed E-state index contributed by atoms with van der Waals surface area (Å²) in [6.45, 7) is 0. The van der Waals surface area contributed by atoms with Gasteiger partial charge in [0.15, 0.2) is 0 Å². The van der Waals surface area contributed by atoms with Gasteiger partial charge in [0.1, 0.15) is 5.54 Å². The number of carboxylic acids is 1. The second kappa shape index (κ2) is 6.01. The molecule has 1 aromatic rings. The van der Waals surface area contributed by atoms with Crippen molar-refractivity contribution in [2.45, 2.75) is 31.2 Å². The number of amides is 2. The number of aliphatic carboxylic acids is 1. The smallest absolute Gasteiger partial charge is 0.329 e. The van der Waals surface area contributed by atoms with Crippen LogP contribution < -0.4 is 10.6 Å². The van der Waals surface area contributed by atoms with Gasteiger partial charge in [-0.3, -0.25) is 0 Å². The highest BCUT2D eigenvalue weighted by Crippen LogP contribution is 2.32. The number of nitrogens with one attached hydrogen (secondary N) is 2. The van der Waals surface area contributed by atoms with E-state index < -0.39 is 17.5 Å². The van der Waals surface area contributed by atoms with Crippen LogP contribution in [0.2, 0.25) is 5.02 Å². The van der Waals surface area contributed by atoms with Gasteiger partial charge in [-0.15, -0.1) is 0 Å². The summed E-state index contributed by atoms with van der Waals surface area (Å²) in [6, 6.07) is 4.52. The Kier molecular flexibility index (Phi) is 4.55. The van der Waals surface area contributed by atoms with Crippen molar-refractivity contribution in [1.82, 2.24) is 5.32 Å². The van der Waals surface area contributed by atoms with Gasteiger partial charge in [-0.2, -0.15) is 0 Å². The molecule has 7 heteroatoms. The molecule has 3 N–H and O–H groups in total. The maximum absolute atomic E-state index is 12.0. The van der Waals surface area contributed by atoms with E-state index in [0.717, 1.165) is 12.8 Å². The summed E-state index contributed by atoms with van der Waals surface area (Å²) in [6.07, 6.45) is 2.50. The average molecular weight is 362 g/mol. The van der Waals surface area contributed by atoms with Crippen molar-refractivity contribution in [1.29, 1.82) is 0 Å². The van der Waals surface area contributed by atoms with E-state index in [-0.39, 0.29) is 0 Å². The van der Waals surface area contributed by atoms with E-state index in [0.29, 0.717) is 28.0 Å². The predicted molar refractivity (Wildman–Crippen MR) is 80.1 cm³/mol. The second-order valence-corrected chi connectivity index (χ2v) is 5.98. The molecular formula is C13H14BrClN2O3. The second-order valence-electron chi connectivity index (χ2n) is 4.77. The van der Waals surface area contributed by atoms with E-state index in [4.69, 9.17) is 11.6 Å². The predicted octanol–water partition coefficient (Wildman–Crippen LogP) is 3.62. The van der Waals surface area contributed by atoms with Crippen LogP contribution in [0, 0.1) is 0 Å². The zero-order chi connectivity index (χ0) is 14.8. The normalized spacial score (nSPS) is 16.7. The van der Waals surface area contributed by atoms with Crippen molar-refractivity contribution in [2.75, 3.05) is 5.32 Å². The topological polar surface area (TPSA) is 78.4 Å². The van der Waals surface area contributed by atoms with Gasteiger partial charge in [0.05, 0.1) is 15.2 Å². The number of carbonyl (C=O) groups is 2. The number of carboxylic acid groups (broad SMARTS) is 1. The maximum Gasteiger partial charge on any atom is 0.329 e. The molecule has 0 unspecified atom stereocenters. The molecule has 20 heavy (non-hydrogen) atoms. The van der Waals surface area contributed by atoms with E-state index >= 15 is 0 Å². The van der Waals surface area contributed by atoms with Crippen LogP contribution >= 0.6 is 27.5 Å². The highest BCUT2D eigenvalue weighted by atomic mass is 79.9. The maximum atomic E-state index is 12.0. The summed E-state index contributed by atoms with van der Waals surface area (Å²) in [7, 11) is 0. The Balaban J connectivity index is 2.09. The lowest BCUT2D eigenvalue weighted by molar-refractivity contribution is -0.144. The first-order chi connectivity index (χ1) is 9.44. The summed E-state index contributed by atoms with van der Waals surface area (Å²) in [4.78, 5) is 23.4. The Morgan fingerprint density at radius 3 is 2.55 bits per heavy atom. The summed E-state index contributed by atoms with van der Waals surface area (Å²) in [5.41, 5.74) is -0.664. The van der Waals surface area contributed by atoms with Gasteiger partial charge in [-0.25, -0.2) is 9.59 Å². The van der Waals surface area contributed by atoms with Crippen LogP contribution in [-0.2, 0) is 4.79 Å². The minimum absolute atomic E-state index is 0.451. The molecule has 0 spiro atoms. The molecule has 0 bridgehead atoms. The molecule has 2 amide bonds. The minimum Gasteiger partial charge on any atom is -0.480 e. The Morgan fingerprint density at radius 1 is 1.30 bits per heavy atom. The molecular weight excluding hydrogens is 348 g/mol. The molecule has 5 nitrogen and oxygen atoms in total. The Hall–Kier alpha value is -1.27. The fourth-order valence-corrected chi connectivity index (χ4v) is 2.88. The van der Waals surface area contributed by atoms with E-state index in [9.17, 15) is 14.7 Å². The van der Waals surface area contributed by atoms with Crippen molar-refractivity contribution in [3.8, 4) is 0 Å². The van der Waals surface area contributed by atoms with E-state index in [1.165, 1.54) is 0 Å². The molecule has 108 valence electrons. The van der Waals surface area contributed by atoms with Gasteiger partial charge < -0.3 is 15.7 Å². The largest absolute Gasteiger partial charge is 0.480 e. The highest BCUT2D eigenvalue weighted by Gasteiger charge is 2.42. The van der Waals surface area contributed by atoms with Crippen molar-refractivity contribution >= 4 is 45.2 Å². The Bertz CT molecular complexity index is 544. The van der Waals surface area contributed by atoms with Gasteiger partial charge in [0, 0.05) is 0 Å². The molecule has 0 radical (unpaired) electrons. The Morgan fingerprint density at radius 2 is 1.95 bits per heavy atom. The molecule has 0 aliphatic heterocycles. The Labute approximate surface area is 129 Å². The van der Waals surface area contributed by atoms with Crippen LogP contribution in [0.25, 0.3) is 0 Å². The van der Waals surface area contributed by atoms with Crippen LogP contribution in [0.3, 0.4) is 0 Å². The van der Waals surface area contributed by atoms with Gasteiger partial charge in [0.2, 0.25) is 0 Å². The van der Waals surface area contributed by atoms with E-state index in [2.05, 4.69) is 26.6 Å². The zero-order valence-electron chi connectivity index (χ0n) is 10.6.